The largest absolute Gasteiger partial charge is 0.493 e. The van der Waals surface area contributed by atoms with Gasteiger partial charge in [-0.15, -0.1) is 0 Å². The first-order valence-corrected chi connectivity index (χ1v) is 10.5. The van der Waals surface area contributed by atoms with Crippen molar-refractivity contribution in [2.45, 2.75) is 19.8 Å². The minimum absolute atomic E-state index is 0.347. The molecule has 6 nitrogen and oxygen atoms in total. The molecule has 7 heteroatoms. The number of rotatable bonds is 9. The van der Waals surface area contributed by atoms with Gasteiger partial charge in [-0.2, -0.15) is 0 Å². The van der Waals surface area contributed by atoms with Crippen molar-refractivity contribution < 1.29 is 23.4 Å². The summed E-state index contributed by atoms with van der Waals surface area (Å²) in [5.41, 5.74) is 1.72. The number of carbonyl (C=O) groups is 1. The highest BCUT2D eigenvalue weighted by Gasteiger charge is 2.15. The Hall–Kier alpha value is -3.06. The lowest BCUT2D eigenvalue weighted by atomic mass is 10.2. The molecule has 0 radical (unpaired) electrons. The fourth-order valence-electron chi connectivity index (χ4n) is 3.23. The molecule has 0 aliphatic carbocycles. The maximum Gasteiger partial charge on any atom is 0.248 e. The number of hydrogen-bond acceptors (Lipinski definition) is 5. The van der Waals surface area contributed by atoms with Gasteiger partial charge in [0.15, 0.2) is 11.5 Å². The van der Waals surface area contributed by atoms with E-state index in [-0.39, 0.29) is 11.7 Å². The quantitative estimate of drug-likeness (QED) is 0.471. The number of nitrogens with zero attached hydrogens (tertiary/aromatic N) is 1. The van der Waals surface area contributed by atoms with Crippen molar-refractivity contribution in [3.8, 4) is 11.5 Å². The Labute approximate surface area is 182 Å². The molecule has 1 amide bonds. The van der Waals surface area contributed by atoms with E-state index in [4.69, 9.17) is 14.2 Å². The summed E-state index contributed by atoms with van der Waals surface area (Å²) in [7, 11) is 1.58. The zero-order valence-corrected chi connectivity index (χ0v) is 18.0. The summed E-state index contributed by atoms with van der Waals surface area (Å²) in [6, 6.07) is 10.2. The summed E-state index contributed by atoms with van der Waals surface area (Å²) in [6.45, 7) is 5.20. The third-order valence-corrected chi connectivity index (χ3v) is 4.94. The minimum Gasteiger partial charge on any atom is -0.493 e. The van der Waals surface area contributed by atoms with E-state index in [1.54, 1.807) is 25.3 Å². The first-order valence-electron chi connectivity index (χ1n) is 10.5. The summed E-state index contributed by atoms with van der Waals surface area (Å²) in [6.07, 6.45) is 5.10. The molecule has 0 saturated carbocycles. The first-order chi connectivity index (χ1) is 15.1. The van der Waals surface area contributed by atoms with Crippen LogP contribution >= 0.6 is 0 Å². The van der Waals surface area contributed by atoms with Gasteiger partial charge in [-0.05, 0) is 48.4 Å². The SMILES string of the molecule is CCCCOc1ccc(/C=C/C(=O)Nc2ccc(N3CCOCC3)c(F)c2)cc1OC. The lowest BCUT2D eigenvalue weighted by molar-refractivity contribution is -0.111. The number of ether oxygens (including phenoxy) is 3. The normalized spacial score (nSPS) is 14.0. The molecule has 0 aromatic heterocycles. The molecule has 1 fully saturated rings. The van der Waals surface area contributed by atoms with E-state index >= 15 is 0 Å². The van der Waals surface area contributed by atoms with Crippen molar-refractivity contribution in [1.82, 2.24) is 0 Å². The van der Waals surface area contributed by atoms with Crippen LogP contribution < -0.4 is 19.7 Å². The molecule has 0 spiro atoms. The standard InChI is InChI=1S/C24H29FN2O4/c1-3-4-13-31-22-9-5-18(16-23(22)29-2)6-10-24(28)26-19-7-8-21(20(25)17-19)27-11-14-30-15-12-27/h5-10,16-17H,3-4,11-15H2,1-2H3,(H,26,28)/b10-6+. The topological polar surface area (TPSA) is 60.0 Å². The van der Waals surface area contributed by atoms with E-state index in [9.17, 15) is 9.18 Å². The van der Waals surface area contributed by atoms with Crippen molar-refractivity contribution in [3.05, 3.63) is 53.9 Å². The van der Waals surface area contributed by atoms with E-state index in [0.29, 0.717) is 55.8 Å². The number of anilines is 2. The zero-order valence-electron chi connectivity index (χ0n) is 18.0. The zero-order chi connectivity index (χ0) is 22.1. The van der Waals surface area contributed by atoms with Crippen molar-refractivity contribution >= 4 is 23.4 Å². The Morgan fingerprint density at radius 3 is 2.71 bits per heavy atom. The number of amides is 1. The predicted molar refractivity (Wildman–Crippen MR) is 120 cm³/mol. The second kappa shape index (κ2) is 11.4. The lowest BCUT2D eigenvalue weighted by Gasteiger charge is -2.29. The molecule has 31 heavy (non-hydrogen) atoms. The fraction of sp³-hybridized carbons (Fsp3) is 0.375. The molecule has 1 heterocycles. The van der Waals surface area contributed by atoms with E-state index in [1.165, 1.54) is 12.1 Å². The second-order valence-corrected chi connectivity index (χ2v) is 7.20. The number of unbranched alkanes of at least 4 members (excludes halogenated alkanes) is 1. The van der Waals surface area contributed by atoms with Gasteiger partial charge in [0.25, 0.3) is 0 Å². The Morgan fingerprint density at radius 2 is 2.00 bits per heavy atom. The molecule has 1 saturated heterocycles. The van der Waals surface area contributed by atoms with Crippen LogP contribution in [0.3, 0.4) is 0 Å². The van der Waals surface area contributed by atoms with Gasteiger partial charge in [0, 0.05) is 24.9 Å². The van der Waals surface area contributed by atoms with Crippen LogP contribution in [0.5, 0.6) is 11.5 Å². The molecule has 2 aromatic carbocycles. The number of benzene rings is 2. The third-order valence-electron chi connectivity index (χ3n) is 4.94. The lowest BCUT2D eigenvalue weighted by Crippen LogP contribution is -2.36. The van der Waals surface area contributed by atoms with Crippen LogP contribution in [0.2, 0.25) is 0 Å². The molecule has 166 valence electrons. The Bertz CT molecular complexity index is 910. The molecule has 1 aliphatic rings. The average Bonchev–Trinajstić information content (AvgIpc) is 2.79. The summed E-state index contributed by atoms with van der Waals surface area (Å²) < 4.78 is 30.9. The Morgan fingerprint density at radius 1 is 1.19 bits per heavy atom. The van der Waals surface area contributed by atoms with Crippen molar-refractivity contribution in [1.29, 1.82) is 0 Å². The third kappa shape index (κ3) is 6.46. The number of carbonyl (C=O) groups excluding carboxylic acids is 1. The van der Waals surface area contributed by atoms with E-state index < -0.39 is 0 Å². The number of hydrogen-bond donors (Lipinski definition) is 1. The van der Waals surface area contributed by atoms with Crippen molar-refractivity contribution in [3.63, 3.8) is 0 Å². The molecule has 2 aromatic rings. The van der Waals surface area contributed by atoms with Gasteiger partial charge >= 0.3 is 0 Å². The molecule has 0 atom stereocenters. The van der Waals surface area contributed by atoms with Crippen molar-refractivity contribution in [2.75, 3.05) is 50.2 Å². The van der Waals surface area contributed by atoms with Crippen LogP contribution in [-0.4, -0.2) is 45.9 Å². The summed E-state index contributed by atoms with van der Waals surface area (Å²) >= 11 is 0. The van der Waals surface area contributed by atoms with Gasteiger partial charge in [0.05, 0.1) is 32.6 Å². The van der Waals surface area contributed by atoms with Gasteiger partial charge in [0.2, 0.25) is 5.91 Å². The van der Waals surface area contributed by atoms with Crippen LogP contribution in [0.1, 0.15) is 25.3 Å². The Kier molecular flexibility index (Phi) is 8.29. The highest BCUT2D eigenvalue weighted by atomic mass is 19.1. The molecule has 1 N–H and O–H groups in total. The second-order valence-electron chi connectivity index (χ2n) is 7.20. The van der Waals surface area contributed by atoms with E-state index in [0.717, 1.165) is 18.4 Å². The van der Waals surface area contributed by atoms with E-state index in [2.05, 4.69) is 12.2 Å². The van der Waals surface area contributed by atoms with Gasteiger partial charge in [0.1, 0.15) is 5.82 Å². The number of methoxy groups -OCH3 is 1. The minimum atomic E-state index is -0.368. The highest BCUT2D eigenvalue weighted by Crippen LogP contribution is 2.29. The summed E-state index contributed by atoms with van der Waals surface area (Å²) in [5, 5.41) is 2.69. The smallest absolute Gasteiger partial charge is 0.248 e. The molecular formula is C24H29FN2O4. The number of morpholine rings is 1. The highest BCUT2D eigenvalue weighted by molar-refractivity contribution is 6.02. The predicted octanol–water partition coefficient (Wildman–Crippen LogP) is 4.50. The fourth-order valence-corrected chi connectivity index (χ4v) is 3.23. The van der Waals surface area contributed by atoms with Gasteiger partial charge in [-0.25, -0.2) is 4.39 Å². The van der Waals surface area contributed by atoms with Gasteiger partial charge in [-0.1, -0.05) is 19.4 Å². The van der Waals surface area contributed by atoms with Gasteiger partial charge < -0.3 is 24.4 Å². The number of nitrogens with one attached hydrogen (secondary N) is 1. The number of halogens is 1. The van der Waals surface area contributed by atoms with Crippen LogP contribution in [0.25, 0.3) is 6.08 Å². The maximum atomic E-state index is 14.5. The monoisotopic (exact) mass is 428 g/mol. The molecule has 0 bridgehead atoms. The Balaban J connectivity index is 1.60. The van der Waals surface area contributed by atoms with Gasteiger partial charge in [-0.3, -0.25) is 4.79 Å². The van der Waals surface area contributed by atoms with E-state index in [1.807, 2.05) is 23.1 Å². The average molecular weight is 429 g/mol. The first kappa shape index (κ1) is 22.6. The molecule has 1 aliphatic heterocycles. The van der Waals surface area contributed by atoms with Crippen LogP contribution in [0, 0.1) is 5.82 Å². The molecule has 0 unspecified atom stereocenters. The van der Waals surface area contributed by atoms with Crippen LogP contribution in [0.15, 0.2) is 42.5 Å². The molecule has 3 rings (SSSR count). The maximum absolute atomic E-state index is 14.5. The molecular weight excluding hydrogens is 399 g/mol. The summed E-state index contributed by atoms with van der Waals surface area (Å²) in [5.74, 6) is 0.570. The summed E-state index contributed by atoms with van der Waals surface area (Å²) in [4.78, 5) is 14.2. The van der Waals surface area contributed by atoms with Crippen molar-refractivity contribution in [2.24, 2.45) is 0 Å². The van der Waals surface area contributed by atoms with Crippen LogP contribution in [0.4, 0.5) is 15.8 Å². The van der Waals surface area contributed by atoms with Crippen LogP contribution in [-0.2, 0) is 9.53 Å².